The van der Waals surface area contributed by atoms with Crippen molar-refractivity contribution in [3.8, 4) is 0 Å². The van der Waals surface area contributed by atoms with Crippen LogP contribution in [0.25, 0.3) is 10.4 Å². The van der Waals surface area contributed by atoms with Crippen molar-refractivity contribution in [2.75, 3.05) is 12.9 Å². The average molecular weight is 566 g/mol. The summed E-state index contributed by atoms with van der Waals surface area (Å²) in [6, 6.07) is -0.580. The second kappa shape index (κ2) is 11.3. The van der Waals surface area contributed by atoms with Crippen LogP contribution in [0, 0.1) is 11.3 Å². The van der Waals surface area contributed by atoms with E-state index >= 15 is 0 Å². The number of rotatable bonds is 12. The van der Waals surface area contributed by atoms with Gasteiger partial charge in [-0.2, -0.15) is 0 Å². The fourth-order valence-corrected chi connectivity index (χ4v) is 7.75. The molecule has 0 saturated carbocycles. The number of imidazole rings is 1. The third kappa shape index (κ3) is 4.82. The molecule has 4 heterocycles. The Labute approximate surface area is 230 Å². The van der Waals surface area contributed by atoms with Crippen molar-refractivity contribution in [2.45, 2.75) is 83.1 Å². The molecule has 12 heteroatoms. The summed E-state index contributed by atoms with van der Waals surface area (Å²) in [6.45, 7) is 7.46. The van der Waals surface area contributed by atoms with Crippen LogP contribution in [0.15, 0.2) is 23.2 Å². The topological polar surface area (TPSA) is 131 Å². The van der Waals surface area contributed by atoms with Crippen molar-refractivity contribution in [1.82, 2.24) is 14.3 Å². The first-order valence-electron chi connectivity index (χ1n) is 12.9. The van der Waals surface area contributed by atoms with E-state index in [1.54, 1.807) is 13.3 Å². The predicted molar refractivity (Wildman–Crippen MR) is 144 cm³/mol. The predicted octanol–water partition coefficient (Wildman–Crippen LogP) is 4.65. The Balaban J connectivity index is 1.67. The molecule has 2 N–H and O–H groups in total. The van der Waals surface area contributed by atoms with E-state index in [0.717, 1.165) is 35.5 Å². The first-order chi connectivity index (χ1) is 18.1. The number of thioether (sulfide) groups is 1. The summed E-state index contributed by atoms with van der Waals surface area (Å²) in [7, 11) is 0. The molecule has 0 unspecified atom stereocenters. The van der Waals surface area contributed by atoms with Crippen LogP contribution >= 0.6 is 23.1 Å². The highest BCUT2D eigenvalue weighted by Crippen LogP contribution is 2.60. The van der Waals surface area contributed by atoms with Gasteiger partial charge < -0.3 is 24.6 Å². The first-order valence-corrected chi connectivity index (χ1v) is 15.0. The largest absolute Gasteiger partial charge is 0.508 e. The summed E-state index contributed by atoms with van der Waals surface area (Å²) in [4.78, 5) is 45.3. The summed E-state index contributed by atoms with van der Waals surface area (Å²) < 4.78 is 12.8. The molecule has 0 bridgehead atoms. The van der Waals surface area contributed by atoms with E-state index in [9.17, 15) is 24.6 Å². The second-order valence-electron chi connectivity index (χ2n) is 10.1. The quantitative estimate of drug-likeness (QED) is 0.214. The van der Waals surface area contributed by atoms with E-state index in [-0.39, 0.29) is 24.8 Å². The highest BCUT2D eigenvalue weighted by molar-refractivity contribution is 7.98. The van der Waals surface area contributed by atoms with Gasteiger partial charge in [0.25, 0.3) is 0 Å². The van der Waals surface area contributed by atoms with Gasteiger partial charge in [-0.05, 0) is 32.4 Å². The number of thiazole rings is 1. The van der Waals surface area contributed by atoms with Crippen LogP contribution in [-0.2, 0) is 19.1 Å². The van der Waals surface area contributed by atoms with Gasteiger partial charge in [-0.25, -0.2) is 14.6 Å². The zero-order chi connectivity index (χ0) is 27.8. The molecule has 0 aromatic carbocycles. The number of carbonyl (C=O) groups is 3. The molecule has 1 amide bonds. The molecule has 2 aliphatic heterocycles. The third-order valence-electron chi connectivity index (χ3n) is 7.51. The van der Waals surface area contributed by atoms with Gasteiger partial charge in [0.2, 0.25) is 5.91 Å². The molecule has 4 atom stereocenters. The number of aliphatic carboxylic acids is 1. The number of carboxylic acids is 1. The van der Waals surface area contributed by atoms with Gasteiger partial charge in [-0.15, -0.1) is 23.1 Å². The van der Waals surface area contributed by atoms with E-state index in [1.807, 2.05) is 37.6 Å². The lowest BCUT2D eigenvalue weighted by Gasteiger charge is -2.50. The van der Waals surface area contributed by atoms with Gasteiger partial charge in [0.05, 0.1) is 29.5 Å². The SMILES string of the molecule is CCCC(CCC)OC(=O)OCC[C@@]1(C)C(c2cn3cnc(SC)c3s2)=C(C(=O)O)N2C(=O)[C@H]([C@@H](C)O)[C@@H]21. The lowest BCUT2D eigenvalue weighted by molar-refractivity contribution is -0.167. The number of amides is 1. The van der Waals surface area contributed by atoms with Gasteiger partial charge >= 0.3 is 12.1 Å². The van der Waals surface area contributed by atoms with Crippen molar-refractivity contribution in [3.63, 3.8) is 0 Å². The second-order valence-corrected chi connectivity index (χ2v) is 11.9. The number of aliphatic hydroxyl groups excluding tert-OH is 1. The van der Waals surface area contributed by atoms with Crippen LogP contribution in [0.1, 0.15) is 64.7 Å². The number of carbonyl (C=O) groups excluding carboxylic acids is 2. The molecule has 208 valence electrons. The van der Waals surface area contributed by atoms with Gasteiger partial charge in [0.15, 0.2) is 0 Å². The number of hydrogen-bond acceptors (Lipinski definition) is 9. The summed E-state index contributed by atoms with van der Waals surface area (Å²) in [6.07, 6.45) is 7.03. The maximum absolute atomic E-state index is 13.1. The molecule has 1 fully saturated rings. The minimum Gasteiger partial charge on any atom is -0.477 e. The highest BCUT2D eigenvalue weighted by Gasteiger charge is 2.66. The number of hydrogen-bond donors (Lipinski definition) is 2. The van der Waals surface area contributed by atoms with Crippen molar-refractivity contribution in [3.05, 3.63) is 23.1 Å². The zero-order valence-electron chi connectivity index (χ0n) is 22.3. The molecule has 0 radical (unpaired) electrons. The van der Waals surface area contributed by atoms with Gasteiger partial charge in [-0.1, -0.05) is 33.6 Å². The maximum atomic E-state index is 13.1. The van der Waals surface area contributed by atoms with E-state index in [1.165, 1.54) is 28.0 Å². The van der Waals surface area contributed by atoms with Crippen molar-refractivity contribution < 1.29 is 34.1 Å². The Bertz CT molecular complexity index is 1250. The molecule has 4 rings (SSSR count). The lowest BCUT2D eigenvalue weighted by Crippen LogP contribution is -2.66. The Kier molecular flexibility index (Phi) is 8.43. The van der Waals surface area contributed by atoms with Crippen LogP contribution in [0.2, 0.25) is 0 Å². The molecule has 10 nitrogen and oxygen atoms in total. The fraction of sp³-hybridized carbons (Fsp3) is 0.615. The van der Waals surface area contributed by atoms with E-state index < -0.39 is 41.5 Å². The molecular weight excluding hydrogens is 530 g/mol. The van der Waals surface area contributed by atoms with Gasteiger partial charge in [0, 0.05) is 17.2 Å². The van der Waals surface area contributed by atoms with Crippen molar-refractivity contribution in [2.24, 2.45) is 11.3 Å². The van der Waals surface area contributed by atoms with Crippen LogP contribution in [0.5, 0.6) is 0 Å². The molecule has 2 aromatic heterocycles. The minimum atomic E-state index is -1.21. The Hall–Kier alpha value is -2.57. The number of β-lactam (4-membered cyclic amide) rings is 1. The normalized spacial score (nSPS) is 23.7. The van der Waals surface area contributed by atoms with E-state index in [2.05, 4.69) is 4.98 Å². The Morgan fingerprint density at radius 3 is 2.55 bits per heavy atom. The minimum absolute atomic E-state index is 0.0242. The van der Waals surface area contributed by atoms with Crippen molar-refractivity contribution in [1.29, 1.82) is 0 Å². The standard InChI is InChI=1S/C26H35N3O7S2/c1-6-8-15(9-7-2)36-25(34)35-11-10-26(4)18(16-12-28-13-27-21(37-5)23(28)38-16)19(24(32)33)29-20(26)17(14(3)30)22(29)31/h12-15,17,20,30H,6-11H2,1-5H3,(H,32,33)/t14-,17-,20-,26+/m1/s1. The van der Waals surface area contributed by atoms with E-state index in [0.29, 0.717) is 10.5 Å². The zero-order valence-corrected chi connectivity index (χ0v) is 23.9. The Morgan fingerprint density at radius 1 is 1.29 bits per heavy atom. The number of carboxylic acid groups (broad SMARTS) is 1. The van der Waals surface area contributed by atoms with Gasteiger partial charge in [0.1, 0.15) is 28.0 Å². The lowest BCUT2D eigenvalue weighted by atomic mass is 9.66. The summed E-state index contributed by atoms with van der Waals surface area (Å²) in [5, 5.41) is 21.5. The molecule has 1 saturated heterocycles. The van der Waals surface area contributed by atoms with Crippen molar-refractivity contribution >= 4 is 51.5 Å². The molecule has 2 aromatic rings. The summed E-state index contributed by atoms with van der Waals surface area (Å²) in [5.74, 6) is -2.39. The monoisotopic (exact) mass is 565 g/mol. The molecule has 38 heavy (non-hydrogen) atoms. The summed E-state index contributed by atoms with van der Waals surface area (Å²) >= 11 is 2.89. The Morgan fingerprint density at radius 2 is 1.97 bits per heavy atom. The van der Waals surface area contributed by atoms with E-state index in [4.69, 9.17) is 9.47 Å². The number of aliphatic hydroxyl groups is 1. The smallest absolute Gasteiger partial charge is 0.477 e. The highest BCUT2D eigenvalue weighted by atomic mass is 32.2. The molecular formula is C26H35N3O7S2. The van der Waals surface area contributed by atoms with Crippen LogP contribution in [-0.4, -0.2) is 73.6 Å². The number of fused-ring (bicyclic) bond motifs is 2. The molecule has 2 aliphatic rings. The number of aromatic nitrogens is 2. The van der Waals surface area contributed by atoms with Gasteiger partial charge in [-0.3, -0.25) is 9.20 Å². The maximum Gasteiger partial charge on any atom is 0.508 e. The molecule has 0 spiro atoms. The first kappa shape index (κ1) is 28.4. The van der Waals surface area contributed by atoms with Crippen LogP contribution in [0.3, 0.4) is 0 Å². The third-order valence-corrected chi connectivity index (χ3v) is 9.45. The molecule has 0 aliphatic carbocycles. The van der Waals surface area contributed by atoms with Crippen LogP contribution < -0.4 is 0 Å². The number of ether oxygens (including phenoxy) is 2. The fourth-order valence-electron chi connectivity index (χ4n) is 5.79. The average Bonchev–Trinajstić information content (AvgIpc) is 3.47. The van der Waals surface area contributed by atoms with Crippen LogP contribution in [0.4, 0.5) is 4.79 Å². The number of nitrogens with zero attached hydrogens (tertiary/aromatic N) is 3. The summed E-state index contributed by atoms with van der Waals surface area (Å²) in [5.41, 5.74) is -0.485.